The predicted molar refractivity (Wildman–Crippen MR) is 45.2 cm³/mol. The van der Waals surface area contributed by atoms with Crippen LogP contribution in [0, 0.1) is 0 Å². The number of carbonyl (C=O) groups is 3. The van der Waals surface area contributed by atoms with Crippen LogP contribution >= 0.6 is 0 Å². The van der Waals surface area contributed by atoms with Gasteiger partial charge in [-0.25, -0.2) is 9.59 Å². The maximum atomic E-state index is 11.9. The van der Waals surface area contributed by atoms with Crippen LogP contribution in [0.2, 0.25) is 0 Å². The summed E-state index contributed by atoms with van der Waals surface area (Å²) in [7, 11) is 1.35. The Morgan fingerprint density at radius 2 is 1.93 bits per heavy atom. The molecule has 0 saturated carbocycles. The van der Waals surface area contributed by atoms with Crippen molar-refractivity contribution in [1.82, 2.24) is 20.4 Å². The number of likely N-dealkylation sites (N-methyl/N-ethyl adjacent to an activating group) is 2. The molecule has 2 atom stereocenters. The van der Waals surface area contributed by atoms with Crippen LogP contribution in [0.4, 0.5) is 9.59 Å². The smallest absolute Gasteiger partial charge is 0.315 e. The molecular weight excluding hydrogens is 188 g/mol. The quantitative estimate of drug-likeness (QED) is 0.501. The SMILES string of the molecule is [2H]C([2H])([2H])N1C(=O)NC2NC(=O)N(C)C2C1=O. The highest BCUT2D eigenvalue weighted by Gasteiger charge is 2.48. The fourth-order valence-electron chi connectivity index (χ4n) is 1.52. The van der Waals surface area contributed by atoms with E-state index in [0.717, 1.165) is 4.90 Å². The van der Waals surface area contributed by atoms with Gasteiger partial charge in [0.05, 0.1) is 0 Å². The maximum absolute atomic E-state index is 11.9. The number of fused-ring (bicyclic) bond motifs is 1. The van der Waals surface area contributed by atoms with Crippen molar-refractivity contribution >= 4 is 18.0 Å². The normalized spacial score (nSPS) is 35.5. The Bertz CT molecular complexity index is 410. The second-order valence-corrected chi connectivity index (χ2v) is 3.11. The highest BCUT2D eigenvalue weighted by atomic mass is 16.2. The van der Waals surface area contributed by atoms with E-state index in [1.54, 1.807) is 0 Å². The Morgan fingerprint density at radius 1 is 1.29 bits per heavy atom. The minimum absolute atomic E-state index is 0.158. The molecule has 2 N–H and O–H groups in total. The zero-order chi connectivity index (χ0) is 13.0. The maximum Gasteiger partial charge on any atom is 0.325 e. The molecule has 7 heteroatoms. The molecule has 2 heterocycles. The lowest BCUT2D eigenvalue weighted by atomic mass is 10.1. The number of nitrogens with one attached hydrogen (secondary N) is 2. The first kappa shape index (κ1) is 5.84. The molecule has 5 amide bonds. The molecule has 76 valence electrons. The van der Waals surface area contributed by atoms with E-state index in [0.29, 0.717) is 0 Å². The van der Waals surface area contributed by atoms with E-state index in [2.05, 4.69) is 10.6 Å². The largest absolute Gasteiger partial charge is 0.325 e. The van der Waals surface area contributed by atoms with Crippen LogP contribution < -0.4 is 10.6 Å². The number of hydrogen-bond acceptors (Lipinski definition) is 3. The molecule has 2 rings (SSSR count). The highest BCUT2D eigenvalue weighted by molar-refractivity contribution is 6.03. The Kier molecular flexibility index (Phi) is 1.08. The first-order valence-electron chi connectivity index (χ1n) is 5.41. The summed E-state index contributed by atoms with van der Waals surface area (Å²) in [4.78, 5) is 35.9. The summed E-state index contributed by atoms with van der Waals surface area (Å²) >= 11 is 0. The summed E-state index contributed by atoms with van der Waals surface area (Å²) in [5, 5.41) is 4.62. The molecular formula is C7H10N4O3. The van der Waals surface area contributed by atoms with Gasteiger partial charge in [0, 0.05) is 18.1 Å². The number of nitrogens with zero attached hydrogens (tertiary/aromatic N) is 2. The number of amides is 5. The lowest BCUT2D eigenvalue weighted by molar-refractivity contribution is -0.133. The highest BCUT2D eigenvalue weighted by Crippen LogP contribution is 2.16. The first-order valence-corrected chi connectivity index (χ1v) is 3.91. The van der Waals surface area contributed by atoms with Crippen molar-refractivity contribution in [2.24, 2.45) is 0 Å². The van der Waals surface area contributed by atoms with Crippen molar-refractivity contribution in [3.05, 3.63) is 0 Å². The topological polar surface area (TPSA) is 81.8 Å². The van der Waals surface area contributed by atoms with Gasteiger partial charge in [-0.3, -0.25) is 9.69 Å². The summed E-state index contributed by atoms with van der Waals surface area (Å²) in [6, 6.07) is -2.60. The third-order valence-electron chi connectivity index (χ3n) is 2.29. The summed E-state index contributed by atoms with van der Waals surface area (Å²) in [5.74, 6) is -0.917. The molecule has 0 bridgehead atoms. The molecule has 2 unspecified atom stereocenters. The standard InChI is InChI=1S/C7H10N4O3/c1-10-3-4(8-6(10)13)9-7(14)11(2)5(3)12/h3-4H,1-2H3,(H,8,13)(H,9,14)/i2D3. The van der Waals surface area contributed by atoms with Crippen molar-refractivity contribution in [3.8, 4) is 0 Å². The van der Waals surface area contributed by atoms with Crippen molar-refractivity contribution in [1.29, 1.82) is 0 Å². The van der Waals surface area contributed by atoms with Gasteiger partial charge in [0.2, 0.25) is 0 Å². The summed E-state index contributed by atoms with van der Waals surface area (Å²) < 4.78 is 21.3. The summed E-state index contributed by atoms with van der Waals surface area (Å²) in [5.41, 5.74) is 0. The molecule has 7 nitrogen and oxygen atoms in total. The van der Waals surface area contributed by atoms with Gasteiger partial charge in [0.1, 0.15) is 6.17 Å². The Balaban J connectivity index is 2.34. The van der Waals surface area contributed by atoms with Gasteiger partial charge in [-0.2, -0.15) is 0 Å². The van der Waals surface area contributed by atoms with E-state index in [9.17, 15) is 14.4 Å². The van der Waals surface area contributed by atoms with Crippen LogP contribution in [-0.4, -0.2) is 54.0 Å². The molecule has 14 heavy (non-hydrogen) atoms. The van der Waals surface area contributed by atoms with Crippen LogP contribution in [0.3, 0.4) is 0 Å². The molecule has 0 aromatic carbocycles. The first-order chi connectivity index (χ1) is 7.73. The van der Waals surface area contributed by atoms with Gasteiger partial charge in [0.15, 0.2) is 6.04 Å². The monoisotopic (exact) mass is 201 g/mol. The lowest BCUT2D eigenvalue weighted by Crippen LogP contribution is -2.64. The molecule has 0 radical (unpaired) electrons. The van der Waals surface area contributed by atoms with Gasteiger partial charge in [-0.05, 0) is 0 Å². The average Bonchev–Trinajstić information content (AvgIpc) is 2.39. The zero-order valence-electron chi connectivity index (χ0n) is 10.3. The van der Waals surface area contributed by atoms with Gasteiger partial charge >= 0.3 is 12.1 Å². The van der Waals surface area contributed by atoms with Crippen molar-refractivity contribution in [2.45, 2.75) is 12.2 Å². The van der Waals surface area contributed by atoms with E-state index in [4.69, 9.17) is 4.11 Å². The molecule has 2 fully saturated rings. The molecule has 2 saturated heterocycles. The van der Waals surface area contributed by atoms with Crippen LogP contribution in [-0.2, 0) is 4.79 Å². The molecule has 2 aliphatic heterocycles. The second kappa shape index (κ2) is 2.60. The van der Waals surface area contributed by atoms with Gasteiger partial charge in [-0.1, -0.05) is 0 Å². The molecule has 0 aromatic heterocycles. The van der Waals surface area contributed by atoms with E-state index in [-0.39, 0.29) is 4.90 Å². The third kappa shape index (κ3) is 0.949. The third-order valence-corrected chi connectivity index (χ3v) is 2.29. The zero-order valence-corrected chi connectivity index (χ0v) is 7.27. The number of urea groups is 2. The molecule has 0 aliphatic carbocycles. The average molecular weight is 201 g/mol. The van der Waals surface area contributed by atoms with E-state index < -0.39 is 37.2 Å². The minimum Gasteiger partial charge on any atom is -0.315 e. The molecule has 2 aliphatic rings. The minimum atomic E-state index is -2.86. The van der Waals surface area contributed by atoms with Gasteiger partial charge in [0.25, 0.3) is 5.91 Å². The molecule has 0 spiro atoms. The van der Waals surface area contributed by atoms with Crippen LogP contribution in [0.5, 0.6) is 0 Å². The Morgan fingerprint density at radius 3 is 2.57 bits per heavy atom. The number of imide groups is 1. The van der Waals surface area contributed by atoms with Crippen molar-refractivity contribution in [3.63, 3.8) is 0 Å². The lowest BCUT2D eigenvalue weighted by Gasteiger charge is -2.32. The summed E-state index contributed by atoms with van der Waals surface area (Å²) in [6.45, 7) is -2.86. The van der Waals surface area contributed by atoms with Gasteiger partial charge < -0.3 is 15.5 Å². The van der Waals surface area contributed by atoms with Crippen molar-refractivity contribution < 1.29 is 18.5 Å². The molecule has 0 aromatic rings. The number of carbonyl (C=O) groups excluding carboxylic acids is 3. The predicted octanol–water partition coefficient (Wildman–Crippen LogP) is -1.48. The number of rotatable bonds is 0. The van der Waals surface area contributed by atoms with E-state index >= 15 is 0 Å². The fraction of sp³-hybridized carbons (Fsp3) is 0.571. The summed E-state index contributed by atoms with van der Waals surface area (Å²) in [6.07, 6.45) is -0.883. The van der Waals surface area contributed by atoms with E-state index in [1.165, 1.54) is 7.05 Å². The van der Waals surface area contributed by atoms with Crippen molar-refractivity contribution in [2.75, 3.05) is 14.0 Å². The number of hydrogen-bond donors (Lipinski definition) is 2. The van der Waals surface area contributed by atoms with Gasteiger partial charge in [-0.15, -0.1) is 0 Å². The second-order valence-electron chi connectivity index (χ2n) is 3.11. The Labute approximate surface area is 84.2 Å². The van der Waals surface area contributed by atoms with Crippen LogP contribution in [0.25, 0.3) is 0 Å². The Hall–Kier alpha value is -1.79. The van der Waals surface area contributed by atoms with E-state index in [1.807, 2.05) is 0 Å². The fourth-order valence-corrected chi connectivity index (χ4v) is 1.52. The van der Waals surface area contributed by atoms with Crippen LogP contribution in [0.15, 0.2) is 0 Å². The van der Waals surface area contributed by atoms with Crippen LogP contribution in [0.1, 0.15) is 4.11 Å².